The summed E-state index contributed by atoms with van der Waals surface area (Å²) in [5.41, 5.74) is 0. The molecule has 0 amide bonds. The third kappa shape index (κ3) is 4.82. The molecule has 0 saturated carbocycles. The lowest BCUT2D eigenvalue weighted by atomic mass is 9.86. The molecule has 0 N–H and O–H groups in total. The average Bonchev–Trinajstić information content (AvgIpc) is 2.00. The van der Waals surface area contributed by atoms with Crippen LogP contribution in [0.4, 0.5) is 0 Å². The van der Waals surface area contributed by atoms with Gasteiger partial charge in [0.15, 0.2) is 0 Å². The second-order valence-corrected chi connectivity index (χ2v) is 4.35. The Morgan fingerprint density at radius 3 is 2.25 bits per heavy atom. The normalized spacial score (nSPS) is 16.1. The monoisotopic (exact) mass is 188 g/mol. The molecule has 0 aromatic carbocycles. The predicted octanol–water partition coefficient (Wildman–Crippen LogP) is 4.10. The highest BCUT2D eigenvalue weighted by Crippen LogP contribution is 2.24. The van der Waals surface area contributed by atoms with Crippen molar-refractivity contribution in [1.82, 2.24) is 0 Å². The van der Waals surface area contributed by atoms with Gasteiger partial charge < -0.3 is 0 Å². The highest BCUT2D eigenvalue weighted by molar-refractivity contribution is 6.18. The summed E-state index contributed by atoms with van der Waals surface area (Å²) in [6.45, 7) is 10.5. The van der Waals surface area contributed by atoms with Crippen LogP contribution in [-0.4, -0.2) is 5.88 Å². The molecule has 0 aliphatic heterocycles. The van der Waals surface area contributed by atoms with Gasteiger partial charge in [-0.2, -0.15) is 0 Å². The maximum Gasteiger partial charge on any atom is 0.0254 e. The lowest BCUT2D eigenvalue weighted by Crippen LogP contribution is -2.15. The number of alkyl halides is 1. The SMILES string of the molecule is C=CCC(C)C(CCl)CC(C)C. The molecule has 12 heavy (non-hydrogen) atoms. The molecule has 0 nitrogen and oxygen atoms in total. The molecule has 0 rings (SSSR count). The minimum atomic E-state index is 0.657. The Labute approximate surface area is 82.0 Å². The number of allylic oxidation sites excluding steroid dienone is 1. The first kappa shape index (κ1) is 12.0. The fourth-order valence-electron chi connectivity index (χ4n) is 1.51. The van der Waals surface area contributed by atoms with E-state index in [0.29, 0.717) is 11.8 Å². The summed E-state index contributed by atoms with van der Waals surface area (Å²) in [6.07, 6.45) is 4.31. The van der Waals surface area contributed by atoms with Crippen molar-refractivity contribution in [3.8, 4) is 0 Å². The van der Waals surface area contributed by atoms with Gasteiger partial charge in [0.1, 0.15) is 0 Å². The predicted molar refractivity (Wildman–Crippen MR) is 57.6 cm³/mol. The standard InChI is InChI=1S/C11H21Cl/c1-5-6-10(4)11(8-12)7-9(2)3/h5,9-11H,1,6-8H2,2-4H3. The van der Waals surface area contributed by atoms with Crippen molar-refractivity contribution >= 4 is 11.6 Å². The summed E-state index contributed by atoms with van der Waals surface area (Å²) in [7, 11) is 0. The van der Waals surface area contributed by atoms with Crippen LogP contribution in [0.5, 0.6) is 0 Å². The molecule has 0 heterocycles. The minimum Gasteiger partial charge on any atom is -0.126 e. The van der Waals surface area contributed by atoms with Crippen LogP contribution in [-0.2, 0) is 0 Å². The molecule has 0 aromatic heterocycles. The van der Waals surface area contributed by atoms with Crippen LogP contribution in [0, 0.1) is 17.8 Å². The first-order valence-corrected chi connectivity index (χ1v) is 5.32. The molecule has 0 bridgehead atoms. The van der Waals surface area contributed by atoms with Crippen molar-refractivity contribution in [2.45, 2.75) is 33.6 Å². The zero-order chi connectivity index (χ0) is 9.56. The largest absolute Gasteiger partial charge is 0.126 e. The fraction of sp³-hybridized carbons (Fsp3) is 0.818. The van der Waals surface area contributed by atoms with E-state index in [-0.39, 0.29) is 0 Å². The summed E-state index contributed by atoms with van der Waals surface area (Å²) in [4.78, 5) is 0. The van der Waals surface area contributed by atoms with Crippen molar-refractivity contribution in [3.05, 3.63) is 12.7 Å². The van der Waals surface area contributed by atoms with E-state index in [9.17, 15) is 0 Å². The van der Waals surface area contributed by atoms with Crippen molar-refractivity contribution in [2.24, 2.45) is 17.8 Å². The third-order valence-corrected chi connectivity index (χ3v) is 2.71. The lowest BCUT2D eigenvalue weighted by molar-refractivity contribution is 0.330. The van der Waals surface area contributed by atoms with E-state index in [4.69, 9.17) is 11.6 Å². The van der Waals surface area contributed by atoms with Crippen LogP contribution in [0.3, 0.4) is 0 Å². The molecule has 2 unspecified atom stereocenters. The molecule has 1 heteroatoms. The van der Waals surface area contributed by atoms with Crippen LogP contribution < -0.4 is 0 Å². The molecule has 0 saturated heterocycles. The van der Waals surface area contributed by atoms with Gasteiger partial charge in [0.2, 0.25) is 0 Å². The van der Waals surface area contributed by atoms with Gasteiger partial charge in [-0.15, -0.1) is 18.2 Å². The van der Waals surface area contributed by atoms with E-state index in [1.807, 2.05) is 6.08 Å². The summed E-state index contributed by atoms with van der Waals surface area (Å²) >= 11 is 5.91. The Kier molecular flexibility index (Phi) is 6.55. The molecule has 0 aliphatic rings. The van der Waals surface area contributed by atoms with Gasteiger partial charge in [-0.05, 0) is 30.6 Å². The summed E-state index contributed by atoms with van der Waals surface area (Å²) in [6, 6.07) is 0. The first-order chi connectivity index (χ1) is 5.61. The molecule has 0 aromatic rings. The van der Waals surface area contributed by atoms with Crippen molar-refractivity contribution in [2.75, 3.05) is 5.88 Å². The average molecular weight is 189 g/mol. The molecule has 0 spiro atoms. The number of hydrogen-bond acceptors (Lipinski definition) is 0. The molecule has 0 aliphatic carbocycles. The minimum absolute atomic E-state index is 0.657. The quantitative estimate of drug-likeness (QED) is 0.435. The first-order valence-electron chi connectivity index (χ1n) is 4.78. The topological polar surface area (TPSA) is 0 Å². The number of rotatable bonds is 6. The Morgan fingerprint density at radius 1 is 1.33 bits per heavy atom. The Morgan fingerprint density at radius 2 is 1.92 bits per heavy atom. The van der Waals surface area contributed by atoms with E-state index in [2.05, 4.69) is 27.4 Å². The van der Waals surface area contributed by atoms with E-state index >= 15 is 0 Å². The smallest absolute Gasteiger partial charge is 0.0254 e. The second-order valence-electron chi connectivity index (χ2n) is 4.05. The molecule has 2 atom stereocenters. The number of hydrogen-bond donors (Lipinski definition) is 0. The molecule has 0 radical (unpaired) electrons. The van der Waals surface area contributed by atoms with Gasteiger partial charge in [0, 0.05) is 5.88 Å². The van der Waals surface area contributed by atoms with Gasteiger partial charge >= 0.3 is 0 Å². The third-order valence-electron chi connectivity index (χ3n) is 2.32. The summed E-state index contributed by atoms with van der Waals surface area (Å²) < 4.78 is 0. The van der Waals surface area contributed by atoms with Crippen molar-refractivity contribution in [3.63, 3.8) is 0 Å². The molecule has 0 fully saturated rings. The highest BCUT2D eigenvalue weighted by atomic mass is 35.5. The maximum atomic E-state index is 5.91. The van der Waals surface area contributed by atoms with E-state index in [0.717, 1.165) is 18.2 Å². The van der Waals surface area contributed by atoms with Crippen molar-refractivity contribution in [1.29, 1.82) is 0 Å². The zero-order valence-corrected chi connectivity index (χ0v) is 9.27. The van der Waals surface area contributed by atoms with E-state index in [1.54, 1.807) is 0 Å². The van der Waals surface area contributed by atoms with Crippen LogP contribution in [0.15, 0.2) is 12.7 Å². The highest BCUT2D eigenvalue weighted by Gasteiger charge is 2.16. The zero-order valence-electron chi connectivity index (χ0n) is 8.52. The summed E-state index contributed by atoms with van der Waals surface area (Å²) in [5, 5.41) is 0. The van der Waals surface area contributed by atoms with Crippen LogP contribution in [0.25, 0.3) is 0 Å². The van der Waals surface area contributed by atoms with Crippen LogP contribution in [0.2, 0.25) is 0 Å². The maximum absolute atomic E-state index is 5.91. The van der Waals surface area contributed by atoms with Gasteiger partial charge in [-0.3, -0.25) is 0 Å². The van der Waals surface area contributed by atoms with E-state index in [1.165, 1.54) is 6.42 Å². The molecule has 72 valence electrons. The van der Waals surface area contributed by atoms with Crippen LogP contribution in [0.1, 0.15) is 33.6 Å². The molecular weight excluding hydrogens is 168 g/mol. The van der Waals surface area contributed by atoms with Crippen molar-refractivity contribution < 1.29 is 0 Å². The number of halogens is 1. The Hall–Kier alpha value is 0.0300. The lowest BCUT2D eigenvalue weighted by Gasteiger charge is -2.22. The van der Waals surface area contributed by atoms with Crippen LogP contribution >= 0.6 is 11.6 Å². The molecular formula is C11H21Cl. The van der Waals surface area contributed by atoms with Gasteiger partial charge in [-0.1, -0.05) is 26.8 Å². The van der Waals surface area contributed by atoms with Gasteiger partial charge in [-0.25, -0.2) is 0 Å². The van der Waals surface area contributed by atoms with E-state index < -0.39 is 0 Å². The fourth-order valence-corrected chi connectivity index (χ4v) is 1.94. The Balaban J connectivity index is 3.86. The van der Waals surface area contributed by atoms with Gasteiger partial charge in [0.05, 0.1) is 0 Å². The Bertz CT molecular complexity index is 118. The second kappa shape index (κ2) is 6.54. The summed E-state index contributed by atoms with van der Waals surface area (Å²) in [5.74, 6) is 2.88. The van der Waals surface area contributed by atoms with Gasteiger partial charge in [0.25, 0.3) is 0 Å².